The molecular formula is C18H21NO4S. The Balaban J connectivity index is 1.89. The zero-order valence-electron chi connectivity index (χ0n) is 13.9. The molecule has 6 heteroatoms. The summed E-state index contributed by atoms with van der Waals surface area (Å²) >= 11 is 0. The van der Waals surface area contributed by atoms with Crippen molar-refractivity contribution in [2.24, 2.45) is 0 Å². The minimum absolute atomic E-state index is 0.116. The lowest BCUT2D eigenvalue weighted by Gasteiger charge is -2.09. The molecule has 0 aliphatic carbocycles. The van der Waals surface area contributed by atoms with Crippen molar-refractivity contribution >= 4 is 21.4 Å². The molecule has 0 radical (unpaired) electrons. The van der Waals surface area contributed by atoms with Gasteiger partial charge in [-0.25, -0.2) is 8.42 Å². The first-order valence-corrected chi connectivity index (χ1v) is 9.47. The minimum atomic E-state index is -3.24. The van der Waals surface area contributed by atoms with Crippen LogP contribution in [0, 0.1) is 0 Å². The lowest BCUT2D eigenvalue weighted by atomic mass is 10.0. The normalized spacial score (nSPS) is 11.3. The number of sulfone groups is 1. The van der Waals surface area contributed by atoms with E-state index in [1.807, 2.05) is 24.3 Å². The number of carbonyl (C=O) groups excluding carboxylic acids is 1. The highest BCUT2D eigenvalue weighted by Gasteiger charge is 2.08. The predicted molar refractivity (Wildman–Crippen MR) is 94.2 cm³/mol. The molecule has 2 aromatic rings. The molecule has 0 aliphatic rings. The summed E-state index contributed by atoms with van der Waals surface area (Å²) in [6.45, 7) is 4.10. The fraction of sp³-hybridized carbons (Fsp3) is 0.278. The van der Waals surface area contributed by atoms with E-state index in [2.05, 4.69) is 19.2 Å². The fourth-order valence-electron chi connectivity index (χ4n) is 2.08. The van der Waals surface area contributed by atoms with Gasteiger partial charge in [-0.1, -0.05) is 26.0 Å². The molecule has 2 rings (SSSR count). The summed E-state index contributed by atoms with van der Waals surface area (Å²) in [5.41, 5.74) is 1.73. The van der Waals surface area contributed by atoms with Crippen molar-refractivity contribution in [1.29, 1.82) is 0 Å². The average Bonchev–Trinajstić information content (AvgIpc) is 2.53. The molecule has 0 fully saturated rings. The largest absolute Gasteiger partial charge is 0.484 e. The van der Waals surface area contributed by atoms with Gasteiger partial charge >= 0.3 is 0 Å². The maximum atomic E-state index is 11.9. The number of benzene rings is 2. The van der Waals surface area contributed by atoms with Crippen LogP contribution < -0.4 is 10.1 Å². The van der Waals surface area contributed by atoms with Crippen LogP contribution in [0.25, 0.3) is 0 Å². The highest BCUT2D eigenvalue weighted by molar-refractivity contribution is 7.90. The Hall–Kier alpha value is -2.34. The number of rotatable bonds is 6. The predicted octanol–water partition coefficient (Wildman–Crippen LogP) is 3.23. The number of carbonyl (C=O) groups is 1. The highest BCUT2D eigenvalue weighted by Crippen LogP contribution is 2.18. The van der Waals surface area contributed by atoms with Gasteiger partial charge in [-0.3, -0.25) is 4.79 Å². The van der Waals surface area contributed by atoms with E-state index in [4.69, 9.17) is 4.74 Å². The molecular weight excluding hydrogens is 326 g/mol. The Morgan fingerprint density at radius 1 is 1.04 bits per heavy atom. The molecule has 0 atom stereocenters. The van der Waals surface area contributed by atoms with E-state index in [0.717, 1.165) is 6.26 Å². The first-order valence-electron chi connectivity index (χ1n) is 7.58. The van der Waals surface area contributed by atoms with E-state index in [1.165, 1.54) is 17.7 Å². The van der Waals surface area contributed by atoms with E-state index in [1.54, 1.807) is 12.1 Å². The van der Waals surface area contributed by atoms with Gasteiger partial charge in [0.15, 0.2) is 16.4 Å². The summed E-state index contributed by atoms with van der Waals surface area (Å²) < 4.78 is 28.2. The first-order chi connectivity index (χ1) is 11.3. The minimum Gasteiger partial charge on any atom is -0.484 e. The lowest BCUT2D eigenvalue weighted by Crippen LogP contribution is -2.20. The quantitative estimate of drug-likeness (QED) is 0.871. The topological polar surface area (TPSA) is 72.5 Å². The van der Waals surface area contributed by atoms with Crippen LogP contribution in [-0.4, -0.2) is 27.2 Å². The van der Waals surface area contributed by atoms with Crippen LogP contribution in [0.3, 0.4) is 0 Å². The lowest BCUT2D eigenvalue weighted by molar-refractivity contribution is -0.118. The number of nitrogens with one attached hydrogen (secondary N) is 1. The maximum absolute atomic E-state index is 11.9. The molecule has 24 heavy (non-hydrogen) atoms. The van der Waals surface area contributed by atoms with Crippen molar-refractivity contribution in [2.45, 2.75) is 24.7 Å². The van der Waals surface area contributed by atoms with Gasteiger partial charge in [0, 0.05) is 11.9 Å². The van der Waals surface area contributed by atoms with E-state index >= 15 is 0 Å². The third kappa shape index (κ3) is 5.09. The second-order valence-corrected chi connectivity index (χ2v) is 7.87. The molecule has 0 heterocycles. The zero-order valence-corrected chi connectivity index (χ0v) is 14.8. The number of anilines is 1. The molecule has 1 N–H and O–H groups in total. The summed E-state index contributed by atoms with van der Waals surface area (Å²) in [5, 5.41) is 2.66. The van der Waals surface area contributed by atoms with E-state index in [0.29, 0.717) is 17.4 Å². The molecule has 0 bridgehead atoms. The molecule has 0 unspecified atom stereocenters. The van der Waals surface area contributed by atoms with Crippen molar-refractivity contribution in [2.75, 3.05) is 18.2 Å². The molecule has 0 aliphatic heterocycles. The fourth-order valence-corrected chi connectivity index (χ4v) is 2.71. The van der Waals surface area contributed by atoms with Gasteiger partial charge < -0.3 is 10.1 Å². The molecule has 1 amide bonds. The average molecular weight is 347 g/mol. The second kappa shape index (κ2) is 7.49. The summed E-state index contributed by atoms with van der Waals surface area (Å²) in [4.78, 5) is 12.1. The maximum Gasteiger partial charge on any atom is 0.262 e. The highest BCUT2D eigenvalue weighted by atomic mass is 32.2. The van der Waals surface area contributed by atoms with Gasteiger partial charge in [0.05, 0.1) is 4.90 Å². The van der Waals surface area contributed by atoms with Crippen molar-refractivity contribution in [3.63, 3.8) is 0 Å². The molecule has 0 saturated carbocycles. The van der Waals surface area contributed by atoms with Crippen molar-refractivity contribution in [3.8, 4) is 5.75 Å². The van der Waals surface area contributed by atoms with Crippen molar-refractivity contribution in [1.82, 2.24) is 0 Å². The van der Waals surface area contributed by atoms with Gasteiger partial charge in [-0.15, -0.1) is 0 Å². The van der Waals surface area contributed by atoms with Crippen LogP contribution in [0.4, 0.5) is 5.69 Å². The summed E-state index contributed by atoms with van der Waals surface area (Å²) in [5.74, 6) is 0.759. The zero-order chi connectivity index (χ0) is 17.7. The Morgan fingerprint density at radius 3 is 2.12 bits per heavy atom. The van der Waals surface area contributed by atoms with Crippen molar-refractivity contribution < 1.29 is 17.9 Å². The van der Waals surface area contributed by atoms with Gasteiger partial charge in [-0.2, -0.15) is 0 Å². The van der Waals surface area contributed by atoms with Gasteiger partial charge in [0.2, 0.25) is 0 Å². The second-order valence-electron chi connectivity index (χ2n) is 5.86. The van der Waals surface area contributed by atoms with Gasteiger partial charge in [0.25, 0.3) is 5.91 Å². The van der Waals surface area contributed by atoms with E-state index in [9.17, 15) is 13.2 Å². The third-order valence-electron chi connectivity index (χ3n) is 3.48. The molecule has 2 aromatic carbocycles. The summed E-state index contributed by atoms with van der Waals surface area (Å²) in [6.07, 6.45) is 1.14. The summed E-state index contributed by atoms with van der Waals surface area (Å²) in [7, 11) is -3.24. The number of hydrogen-bond acceptors (Lipinski definition) is 4. The molecule has 0 aromatic heterocycles. The van der Waals surface area contributed by atoms with Crippen LogP contribution in [-0.2, 0) is 14.6 Å². The number of ether oxygens (including phenoxy) is 1. The van der Waals surface area contributed by atoms with Gasteiger partial charge in [0.1, 0.15) is 5.75 Å². The van der Waals surface area contributed by atoms with Gasteiger partial charge in [-0.05, 0) is 47.9 Å². The number of amides is 1. The van der Waals surface area contributed by atoms with Crippen molar-refractivity contribution in [3.05, 3.63) is 54.1 Å². The standard InChI is InChI=1S/C18H21NO4S/c1-13(2)14-4-8-16(9-5-14)23-12-18(20)19-15-6-10-17(11-7-15)24(3,21)22/h4-11,13H,12H2,1-3H3,(H,19,20). The molecule has 0 spiro atoms. The molecule has 5 nitrogen and oxygen atoms in total. The molecule has 0 saturated heterocycles. The third-order valence-corrected chi connectivity index (χ3v) is 4.61. The van der Waals surface area contributed by atoms with E-state index in [-0.39, 0.29) is 17.4 Å². The van der Waals surface area contributed by atoms with Crippen LogP contribution in [0.2, 0.25) is 0 Å². The number of hydrogen-bond donors (Lipinski definition) is 1. The van der Waals surface area contributed by atoms with Crippen LogP contribution in [0.5, 0.6) is 5.75 Å². The van der Waals surface area contributed by atoms with Crippen LogP contribution in [0.15, 0.2) is 53.4 Å². The van der Waals surface area contributed by atoms with E-state index < -0.39 is 9.84 Å². The Labute approximate surface area is 142 Å². The molecule has 128 valence electrons. The van der Waals surface area contributed by atoms with Crippen LogP contribution >= 0.6 is 0 Å². The van der Waals surface area contributed by atoms with Crippen LogP contribution in [0.1, 0.15) is 25.3 Å². The Morgan fingerprint density at radius 2 is 1.62 bits per heavy atom. The Kier molecular flexibility index (Phi) is 5.62. The summed E-state index contributed by atoms with van der Waals surface area (Å²) in [6, 6.07) is 13.6. The Bertz CT molecular complexity index is 794. The smallest absolute Gasteiger partial charge is 0.262 e. The monoisotopic (exact) mass is 347 g/mol. The SMILES string of the molecule is CC(C)c1ccc(OCC(=O)Nc2ccc(S(C)(=O)=O)cc2)cc1. The first kappa shape index (κ1) is 18.0.